The van der Waals surface area contributed by atoms with Crippen LogP contribution in [0.5, 0.6) is 0 Å². The molecule has 0 spiro atoms. The first-order valence-electron chi connectivity index (χ1n) is 6.59. The Kier molecular flexibility index (Phi) is 4.84. The number of nitrogens with zero attached hydrogens (tertiary/aromatic N) is 2. The molecular weight excluding hydrogens is 256 g/mol. The van der Waals surface area contributed by atoms with Crippen molar-refractivity contribution >= 4 is 5.69 Å². The molecule has 0 amide bonds. The number of nitro groups is 1. The average molecular weight is 274 g/mol. The summed E-state index contributed by atoms with van der Waals surface area (Å²) in [5.41, 5.74) is 3.42. The molecule has 2 aromatic rings. The Morgan fingerprint density at radius 1 is 1.45 bits per heavy atom. The van der Waals surface area contributed by atoms with Crippen molar-refractivity contribution in [3.63, 3.8) is 0 Å². The molecule has 1 heterocycles. The molecule has 2 rings (SSSR count). The van der Waals surface area contributed by atoms with E-state index in [1.54, 1.807) is 12.1 Å². The van der Waals surface area contributed by atoms with E-state index < -0.39 is 0 Å². The fraction of sp³-hybridized carbons (Fsp3) is 0.357. The quantitative estimate of drug-likeness (QED) is 0.461. The van der Waals surface area contributed by atoms with Gasteiger partial charge in [0.05, 0.1) is 11.1 Å². The van der Waals surface area contributed by atoms with Gasteiger partial charge in [-0.25, -0.2) is 0 Å². The third-order valence-electron chi connectivity index (χ3n) is 3.18. The number of nitro benzene ring substituents is 1. The second-order valence-electron chi connectivity index (χ2n) is 4.73. The van der Waals surface area contributed by atoms with Gasteiger partial charge in [-0.2, -0.15) is 5.10 Å². The van der Waals surface area contributed by atoms with E-state index in [0.29, 0.717) is 6.54 Å². The van der Waals surface area contributed by atoms with Crippen LogP contribution in [0.2, 0.25) is 0 Å². The van der Waals surface area contributed by atoms with Crippen LogP contribution in [0.3, 0.4) is 0 Å². The third kappa shape index (κ3) is 3.89. The topological polar surface area (TPSA) is 83.8 Å². The van der Waals surface area contributed by atoms with E-state index in [1.807, 2.05) is 19.2 Å². The lowest BCUT2D eigenvalue weighted by Gasteiger charge is -2.04. The number of hydrogen-bond acceptors (Lipinski definition) is 4. The van der Waals surface area contributed by atoms with Crippen LogP contribution in [-0.4, -0.2) is 21.7 Å². The monoisotopic (exact) mass is 274 g/mol. The Morgan fingerprint density at radius 2 is 2.30 bits per heavy atom. The third-order valence-corrected chi connectivity index (χ3v) is 3.18. The van der Waals surface area contributed by atoms with Crippen molar-refractivity contribution in [3.8, 4) is 0 Å². The normalized spacial score (nSPS) is 10.7. The van der Waals surface area contributed by atoms with Crippen molar-refractivity contribution in [2.45, 2.75) is 26.3 Å². The minimum absolute atomic E-state index is 0.137. The predicted molar refractivity (Wildman–Crippen MR) is 76.4 cm³/mol. The van der Waals surface area contributed by atoms with Crippen molar-refractivity contribution in [2.75, 3.05) is 6.54 Å². The molecule has 0 atom stereocenters. The van der Waals surface area contributed by atoms with Gasteiger partial charge in [0.15, 0.2) is 0 Å². The molecule has 106 valence electrons. The summed E-state index contributed by atoms with van der Waals surface area (Å²) in [6.45, 7) is 3.53. The number of hydrogen-bond donors (Lipinski definition) is 2. The minimum Gasteiger partial charge on any atom is -0.313 e. The zero-order chi connectivity index (χ0) is 14.4. The van der Waals surface area contributed by atoms with E-state index in [4.69, 9.17) is 0 Å². The molecule has 6 heteroatoms. The number of aryl methyl sites for hydroxylation is 2. The zero-order valence-corrected chi connectivity index (χ0v) is 11.4. The summed E-state index contributed by atoms with van der Waals surface area (Å²) in [5, 5.41) is 20.9. The Morgan fingerprint density at radius 3 is 3.00 bits per heavy atom. The first-order chi connectivity index (χ1) is 9.66. The molecule has 0 aliphatic heterocycles. The van der Waals surface area contributed by atoms with Gasteiger partial charge >= 0.3 is 0 Å². The number of benzene rings is 1. The van der Waals surface area contributed by atoms with E-state index >= 15 is 0 Å². The van der Waals surface area contributed by atoms with Crippen molar-refractivity contribution in [2.24, 2.45) is 0 Å². The number of nitrogens with one attached hydrogen (secondary N) is 2. The van der Waals surface area contributed by atoms with E-state index in [2.05, 4.69) is 15.5 Å². The predicted octanol–water partition coefficient (Wildman–Crippen LogP) is 2.35. The lowest BCUT2D eigenvalue weighted by Crippen LogP contribution is -2.15. The molecule has 1 aromatic heterocycles. The Labute approximate surface area is 117 Å². The second kappa shape index (κ2) is 6.81. The highest BCUT2D eigenvalue weighted by atomic mass is 16.6. The largest absolute Gasteiger partial charge is 0.313 e. The molecule has 20 heavy (non-hydrogen) atoms. The van der Waals surface area contributed by atoms with Crippen LogP contribution in [0, 0.1) is 17.0 Å². The highest BCUT2D eigenvalue weighted by Gasteiger charge is 2.05. The Bertz CT molecular complexity index is 580. The Hall–Kier alpha value is -2.21. The highest BCUT2D eigenvalue weighted by molar-refractivity contribution is 5.34. The van der Waals surface area contributed by atoms with Gasteiger partial charge in [-0.15, -0.1) is 0 Å². The number of aromatic nitrogens is 2. The fourth-order valence-electron chi connectivity index (χ4n) is 2.04. The van der Waals surface area contributed by atoms with Gasteiger partial charge in [-0.05, 0) is 37.4 Å². The van der Waals surface area contributed by atoms with Crippen molar-refractivity contribution in [1.82, 2.24) is 15.5 Å². The van der Waals surface area contributed by atoms with Gasteiger partial charge in [0.1, 0.15) is 0 Å². The van der Waals surface area contributed by atoms with Gasteiger partial charge in [-0.3, -0.25) is 15.2 Å². The molecule has 0 bridgehead atoms. The summed E-state index contributed by atoms with van der Waals surface area (Å²) < 4.78 is 0. The maximum Gasteiger partial charge on any atom is 0.269 e. The van der Waals surface area contributed by atoms with Crippen LogP contribution < -0.4 is 5.32 Å². The van der Waals surface area contributed by atoms with Gasteiger partial charge < -0.3 is 5.32 Å². The summed E-state index contributed by atoms with van der Waals surface area (Å²) in [7, 11) is 0. The zero-order valence-electron chi connectivity index (χ0n) is 11.4. The molecule has 0 aliphatic rings. The average Bonchev–Trinajstić information content (AvgIpc) is 2.84. The maximum atomic E-state index is 10.7. The lowest BCUT2D eigenvalue weighted by molar-refractivity contribution is -0.384. The van der Waals surface area contributed by atoms with Crippen LogP contribution in [0.1, 0.15) is 23.2 Å². The fourth-order valence-corrected chi connectivity index (χ4v) is 2.04. The number of aromatic amines is 1. The first-order valence-corrected chi connectivity index (χ1v) is 6.59. The highest BCUT2D eigenvalue weighted by Crippen LogP contribution is 2.12. The number of non-ortho nitro benzene ring substituents is 1. The van der Waals surface area contributed by atoms with Crippen LogP contribution in [-0.2, 0) is 13.0 Å². The van der Waals surface area contributed by atoms with Gasteiger partial charge in [0.25, 0.3) is 5.69 Å². The van der Waals surface area contributed by atoms with Gasteiger partial charge in [0.2, 0.25) is 0 Å². The summed E-state index contributed by atoms with van der Waals surface area (Å²) in [5.74, 6) is 0. The summed E-state index contributed by atoms with van der Waals surface area (Å²) in [6, 6.07) is 6.71. The number of H-pyrrole nitrogens is 1. The van der Waals surface area contributed by atoms with Crippen LogP contribution in [0.25, 0.3) is 0 Å². The lowest BCUT2D eigenvalue weighted by atomic mass is 10.1. The van der Waals surface area contributed by atoms with Crippen LogP contribution >= 0.6 is 0 Å². The molecule has 6 nitrogen and oxygen atoms in total. The molecule has 0 radical (unpaired) electrons. The van der Waals surface area contributed by atoms with Crippen LogP contribution in [0.4, 0.5) is 5.69 Å². The molecule has 0 saturated carbocycles. The molecule has 0 aliphatic carbocycles. The first kappa shape index (κ1) is 14.2. The van der Waals surface area contributed by atoms with Crippen molar-refractivity contribution < 1.29 is 4.92 Å². The van der Waals surface area contributed by atoms with Gasteiger partial charge in [-0.1, -0.05) is 12.1 Å². The van der Waals surface area contributed by atoms with E-state index in [1.165, 1.54) is 11.6 Å². The maximum absolute atomic E-state index is 10.7. The minimum atomic E-state index is -0.370. The van der Waals surface area contributed by atoms with Crippen molar-refractivity contribution in [3.05, 3.63) is 57.4 Å². The van der Waals surface area contributed by atoms with Crippen LogP contribution in [0.15, 0.2) is 30.5 Å². The SMILES string of the molecule is Cc1[nH]ncc1CCCNCc1cccc([N+](=O)[O-])c1. The summed E-state index contributed by atoms with van der Waals surface area (Å²) >= 11 is 0. The molecule has 0 fully saturated rings. The van der Waals surface area contributed by atoms with Gasteiger partial charge in [0, 0.05) is 24.4 Å². The Balaban J connectivity index is 1.72. The molecule has 1 aromatic carbocycles. The summed E-state index contributed by atoms with van der Waals surface area (Å²) in [6.07, 6.45) is 3.84. The van der Waals surface area contributed by atoms with E-state index in [0.717, 1.165) is 30.6 Å². The van der Waals surface area contributed by atoms with E-state index in [-0.39, 0.29) is 10.6 Å². The standard InChI is InChI=1S/C14H18N4O2/c1-11-13(10-16-17-11)5-3-7-15-9-12-4-2-6-14(8-12)18(19)20/h2,4,6,8,10,15H,3,5,7,9H2,1H3,(H,16,17). The molecule has 0 saturated heterocycles. The second-order valence-corrected chi connectivity index (χ2v) is 4.73. The molecular formula is C14H18N4O2. The van der Waals surface area contributed by atoms with E-state index in [9.17, 15) is 10.1 Å². The number of rotatable bonds is 7. The molecule has 2 N–H and O–H groups in total. The smallest absolute Gasteiger partial charge is 0.269 e. The molecule has 0 unspecified atom stereocenters. The van der Waals surface area contributed by atoms with Crippen molar-refractivity contribution in [1.29, 1.82) is 0 Å². The summed E-state index contributed by atoms with van der Waals surface area (Å²) in [4.78, 5) is 10.3.